The lowest BCUT2D eigenvalue weighted by Gasteiger charge is -2.44. The molecular weight excluding hydrogens is 1320 g/mol. The zero-order valence-corrected chi connectivity index (χ0v) is 60.9. The molecule has 540 valence electrons. The summed E-state index contributed by atoms with van der Waals surface area (Å²) in [5.41, 5.74) is 3.79. The molecule has 4 aromatic carbocycles. The summed E-state index contributed by atoms with van der Waals surface area (Å²) in [6.45, 7) is 30.7. The lowest BCUT2D eigenvalue weighted by Crippen LogP contribution is -2.57. The normalized spacial score (nSPS) is 17.6. The van der Waals surface area contributed by atoms with E-state index in [2.05, 4.69) is 80.1 Å². The largest absolute Gasteiger partial charge is 0.493 e. The van der Waals surface area contributed by atoms with Crippen molar-refractivity contribution in [2.45, 2.75) is 169 Å². The number of fused-ring (bicyclic) bond motifs is 4. The van der Waals surface area contributed by atoms with Crippen molar-refractivity contribution in [1.82, 2.24) is 25.8 Å². The molecule has 0 aromatic heterocycles. The molecule has 27 heteroatoms. The van der Waals surface area contributed by atoms with Gasteiger partial charge in [0, 0.05) is 35.8 Å². The van der Waals surface area contributed by atoms with E-state index in [1.807, 2.05) is 13.8 Å². The first kappa shape index (κ1) is 76.5. The molecule has 0 spiro atoms. The van der Waals surface area contributed by atoms with Crippen molar-refractivity contribution in [3.05, 3.63) is 149 Å². The first-order chi connectivity index (χ1) is 47.6. The van der Waals surface area contributed by atoms with Crippen LogP contribution in [0.25, 0.3) is 0 Å². The number of ether oxygens (including phenoxy) is 8. The molecule has 6 atom stereocenters. The van der Waals surface area contributed by atoms with E-state index in [1.54, 1.807) is 100 Å². The number of nitrogens with one attached hydrogen (secondary N) is 4. The van der Waals surface area contributed by atoms with Gasteiger partial charge in [-0.05, 0) is 138 Å². The van der Waals surface area contributed by atoms with Gasteiger partial charge in [0.25, 0.3) is 11.8 Å². The van der Waals surface area contributed by atoms with Gasteiger partial charge in [-0.3, -0.25) is 19.2 Å². The van der Waals surface area contributed by atoms with Crippen LogP contribution in [0.1, 0.15) is 132 Å². The van der Waals surface area contributed by atoms with Gasteiger partial charge in [0.2, 0.25) is 11.8 Å². The van der Waals surface area contributed by atoms with Crippen LogP contribution < -0.4 is 50.0 Å². The highest BCUT2D eigenvalue weighted by Crippen LogP contribution is 2.47. The van der Waals surface area contributed by atoms with Crippen molar-refractivity contribution in [3.63, 3.8) is 0 Å². The van der Waals surface area contributed by atoms with Gasteiger partial charge in [-0.15, -0.1) is 0 Å². The van der Waals surface area contributed by atoms with Crippen LogP contribution in [0.15, 0.2) is 116 Å². The predicted molar refractivity (Wildman–Crippen MR) is 380 cm³/mol. The number of hydrogen-bond acceptors (Lipinski definition) is 18. The molecule has 0 aliphatic carbocycles. The summed E-state index contributed by atoms with van der Waals surface area (Å²) in [6, 6.07) is 14.4. The first-order valence-corrected chi connectivity index (χ1v) is 36.0. The molecule has 0 saturated carbocycles. The second-order valence-corrected chi connectivity index (χ2v) is 32.5. The fourth-order valence-electron chi connectivity index (χ4n) is 11.3. The van der Waals surface area contributed by atoms with Crippen molar-refractivity contribution in [2.75, 3.05) is 49.1 Å². The Morgan fingerprint density at radius 2 is 1.19 bits per heavy atom. The molecule has 8 amide bonds. The number of nitrogens with zero attached hydrogens (tertiary/aromatic N) is 4. The van der Waals surface area contributed by atoms with Gasteiger partial charge in [0.15, 0.2) is 43.8 Å². The second kappa shape index (κ2) is 32.3. The maximum Gasteiger partial charge on any atom is 0.416 e. The molecule has 26 nitrogen and oxygen atoms in total. The monoisotopic (exact) mass is 1410 g/mol. The lowest BCUT2D eigenvalue weighted by molar-refractivity contribution is -0.128. The van der Waals surface area contributed by atoms with E-state index in [0.29, 0.717) is 34.4 Å². The van der Waals surface area contributed by atoms with Crippen LogP contribution in [0, 0.1) is 17.8 Å². The summed E-state index contributed by atoms with van der Waals surface area (Å²) in [7, 11) is 0.124. The zero-order valence-electron chi connectivity index (χ0n) is 59.9. The maximum atomic E-state index is 14.8. The number of rotatable bonds is 23. The van der Waals surface area contributed by atoms with Crippen LogP contribution >= 0.6 is 0 Å². The molecule has 4 aromatic rings. The molecule has 101 heavy (non-hydrogen) atoms. The summed E-state index contributed by atoms with van der Waals surface area (Å²) < 4.78 is 54.0. The molecule has 5 N–H and O–H groups in total. The number of carbonyl (C=O) groups excluding carboxylic acids is 8. The Bertz CT molecular complexity index is 3980. The van der Waals surface area contributed by atoms with Gasteiger partial charge >= 0.3 is 24.4 Å². The van der Waals surface area contributed by atoms with Crippen LogP contribution in [-0.4, -0.2) is 147 Å². The number of alkyl carbamates (subject to hydrolysis) is 2. The quantitative estimate of drug-likeness (QED) is 0.0199. The third-order valence-electron chi connectivity index (χ3n) is 17.3. The van der Waals surface area contributed by atoms with Gasteiger partial charge in [-0.25, -0.2) is 29.0 Å². The van der Waals surface area contributed by atoms with Crippen LogP contribution in [0.4, 0.5) is 36.2 Å². The highest BCUT2D eigenvalue weighted by Gasteiger charge is 2.51. The zero-order chi connectivity index (χ0) is 74.0. The third-order valence-corrected chi connectivity index (χ3v) is 21.8. The minimum Gasteiger partial charge on any atom is -0.493 e. The van der Waals surface area contributed by atoms with E-state index in [4.69, 9.17) is 42.3 Å². The van der Waals surface area contributed by atoms with Gasteiger partial charge in [-0.1, -0.05) is 95.0 Å². The topological polar surface area (TPSA) is 301 Å². The Morgan fingerprint density at radius 3 is 1.70 bits per heavy atom. The van der Waals surface area contributed by atoms with Crippen molar-refractivity contribution in [2.24, 2.45) is 5.92 Å². The van der Waals surface area contributed by atoms with Gasteiger partial charge in [-0.2, -0.15) is 0 Å². The highest BCUT2D eigenvalue weighted by atomic mass is 28.4. The number of amides is 8. The maximum absolute atomic E-state index is 14.8. The van der Waals surface area contributed by atoms with Gasteiger partial charge < -0.3 is 78.5 Å². The van der Waals surface area contributed by atoms with E-state index in [9.17, 15) is 43.5 Å². The van der Waals surface area contributed by atoms with E-state index in [-0.39, 0.29) is 102 Å². The Morgan fingerprint density at radius 1 is 0.663 bits per heavy atom. The summed E-state index contributed by atoms with van der Waals surface area (Å²) in [6.07, 6.45) is 1.18. The molecule has 8 rings (SSSR count). The Hall–Kier alpha value is -10.3. The number of methoxy groups -OCH3 is 2. The number of hydrogen-bond donors (Lipinski definition) is 5. The van der Waals surface area contributed by atoms with Crippen LogP contribution in [0.5, 0.6) is 23.0 Å². The number of aliphatic hydroxyl groups is 1. The molecule has 4 aliphatic rings. The fraction of sp³-hybridized carbons (Fsp3) is 0.432. The number of carbonyl (C=O) groups is 8. The van der Waals surface area contributed by atoms with Crippen molar-refractivity contribution in [3.8, 4) is 34.8 Å². The molecule has 4 heterocycles. The number of benzene rings is 4. The molecule has 0 unspecified atom stereocenters. The molecule has 0 radical (unpaired) electrons. The van der Waals surface area contributed by atoms with Gasteiger partial charge in [0.05, 0.1) is 55.3 Å². The molecule has 0 fully saturated rings. The predicted octanol–water partition coefficient (Wildman–Crippen LogP) is 11.3. The average Bonchev–Trinajstić information content (AvgIpc) is 1.40. The smallest absolute Gasteiger partial charge is 0.416 e. The molecular formula is C74H92N8O18Si. The second-order valence-electron chi connectivity index (χ2n) is 27.7. The molecule has 0 bridgehead atoms. The Kier molecular flexibility index (Phi) is 24.5. The third kappa shape index (κ3) is 18.6. The van der Waals surface area contributed by atoms with E-state index < -0.39 is 98.5 Å². The summed E-state index contributed by atoms with van der Waals surface area (Å²) in [5.74, 6) is 4.32. The Labute approximate surface area is 590 Å². The molecule has 4 aliphatic heterocycles. The standard InChI is InChI=1S/C74H92N8O18Si/c1-18-27-94-71(90)81-54-36-60(58(92-14)34-52(54)65(85)79-38-44(5)29-56(79)67(81)87)96-41-49-31-48(21-20-26-75-69(88)98-40-47-22-24-51(25-23-47)77-63(83)46(7)76-64(84)62(43(3)4)78-70(89)99-73(8,9)10)32-50(33-49)42-97-61-37-55-53(35-59(61)93-15)66(86)80-39-45(6)30-57(80)68(82(55)72(91)95-28-19-2)100-101(16,17)74(11,12)13/h18-19,22-25,31-39,43,46,56-57,62,67-68,87H,1-2,26-30,40-42H2,3-17H3,(H,75,88)(H,76,84)(H,77,83)(H,78,89)/t46-,56-,57-,62-,67-,68-/m0/s1. The van der Waals surface area contributed by atoms with Crippen molar-refractivity contribution >= 4 is 73.4 Å². The first-order valence-electron chi connectivity index (χ1n) is 33.1. The van der Waals surface area contributed by atoms with Crippen molar-refractivity contribution < 1.29 is 85.8 Å². The number of anilines is 3. The van der Waals surface area contributed by atoms with Gasteiger partial charge in [0.1, 0.15) is 50.7 Å². The summed E-state index contributed by atoms with van der Waals surface area (Å²) >= 11 is 0. The Balaban J connectivity index is 1.05. The van der Waals surface area contributed by atoms with Crippen LogP contribution in [0.2, 0.25) is 18.1 Å². The minimum atomic E-state index is -2.70. The SMILES string of the molecule is C=CCOC(=O)N1c2cc(OCc3cc(C#CCNC(=O)OCc4ccc(NC(=O)[C@H](C)NC(=O)[C@@H](NC(=O)OC(C)(C)C)C(C)C)cc4)cc(COc4cc5c(cc4OC)C(=O)N4C=C(C)C[C@H]4[C@H](O[Si](C)(C)C(C)(C)C)N5C(=O)OCC=C)c3)c(OC)cc2C(=O)N2C=C(C)C[C@H]2[C@@H]1O. The summed E-state index contributed by atoms with van der Waals surface area (Å²) in [4.78, 5) is 115. The van der Waals surface area contributed by atoms with E-state index >= 15 is 0 Å². The molecule has 0 saturated heterocycles. The van der Waals surface area contributed by atoms with E-state index in [0.717, 1.165) is 16.0 Å². The fourth-order valence-corrected chi connectivity index (χ4v) is 12.5. The minimum absolute atomic E-state index is 0.00402. The van der Waals surface area contributed by atoms with E-state index in [1.165, 1.54) is 61.3 Å². The summed E-state index contributed by atoms with van der Waals surface area (Å²) in [5, 5.41) is 22.2. The number of aliphatic hydroxyl groups excluding tert-OH is 1. The van der Waals surface area contributed by atoms with Crippen LogP contribution in [-0.2, 0) is 52.8 Å². The highest BCUT2D eigenvalue weighted by molar-refractivity contribution is 6.74. The average molecular weight is 1410 g/mol. The van der Waals surface area contributed by atoms with Crippen molar-refractivity contribution in [1.29, 1.82) is 0 Å². The lowest BCUT2D eigenvalue weighted by atomic mass is 10.0. The van der Waals surface area contributed by atoms with Crippen LogP contribution in [0.3, 0.4) is 0 Å².